The number of rotatable bonds is 7. The monoisotopic (exact) mass is 346 g/mol. The average Bonchev–Trinajstić information content (AvgIpc) is 2.69. The highest BCUT2D eigenvalue weighted by Crippen LogP contribution is 2.10. The Morgan fingerprint density at radius 2 is 1.62 bits per heavy atom. The van der Waals surface area contributed by atoms with Crippen molar-refractivity contribution in [2.45, 2.75) is 13.0 Å². The Balaban J connectivity index is 1.58. The summed E-state index contributed by atoms with van der Waals surface area (Å²) < 4.78 is 0. The third kappa shape index (κ3) is 4.89. The third-order valence-corrected chi connectivity index (χ3v) is 4.02. The minimum atomic E-state index is -0.183. The zero-order valence-corrected chi connectivity index (χ0v) is 14.8. The van der Waals surface area contributed by atoms with E-state index in [1.54, 1.807) is 12.3 Å². The van der Waals surface area contributed by atoms with Crippen molar-refractivity contribution in [3.8, 4) is 0 Å². The lowest BCUT2D eigenvalue weighted by Gasteiger charge is -2.17. The molecule has 3 aromatic rings. The molecule has 0 atom stereocenters. The van der Waals surface area contributed by atoms with Gasteiger partial charge in [-0.2, -0.15) is 0 Å². The molecule has 0 spiro atoms. The van der Waals surface area contributed by atoms with Gasteiger partial charge in [-0.3, -0.25) is 4.79 Å². The molecule has 0 saturated heterocycles. The van der Waals surface area contributed by atoms with Gasteiger partial charge in [-0.1, -0.05) is 60.7 Å². The first-order valence-corrected chi connectivity index (χ1v) is 8.62. The van der Waals surface area contributed by atoms with E-state index in [0.29, 0.717) is 24.7 Å². The number of amides is 1. The van der Waals surface area contributed by atoms with Gasteiger partial charge in [0, 0.05) is 26.3 Å². The van der Waals surface area contributed by atoms with Crippen LogP contribution < -0.4 is 10.2 Å². The molecule has 1 aromatic heterocycles. The van der Waals surface area contributed by atoms with Gasteiger partial charge in [-0.05, 0) is 23.6 Å². The van der Waals surface area contributed by atoms with Crippen LogP contribution in [0.5, 0.6) is 0 Å². The van der Waals surface area contributed by atoms with Crippen LogP contribution in [0.15, 0.2) is 72.9 Å². The van der Waals surface area contributed by atoms with Crippen LogP contribution in [0.3, 0.4) is 0 Å². The first-order chi connectivity index (χ1) is 12.7. The van der Waals surface area contributed by atoms with E-state index in [9.17, 15) is 4.79 Å². The first-order valence-electron chi connectivity index (χ1n) is 8.62. The molecule has 1 heterocycles. The van der Waals surface area contributed by atoms with Crippen LogP contribution >= 0.6 is 0 Å². The van der Waals surface area contributed by atoms with Crippen molar-refractivity contribution in [1.29, 1.82) is 0 Å². The smallest absolute Gasteiger partial charge is 0.270 e. The maximum Gasteiger partial charge on any atom is 0.270 e. The standard InChI is InChI=1S/C21H22N4O/c1-25(16-18-10-6-3-7-11-18)21-23-15-13-19(24-21)20(26)22-14-12-17-8-4-2-5-9-17/h2-11,13,15H,12,14,16H2,1H3,(H,22,26). The molecule has 132 valence electrons. The highest BCUT2D eigenvalue weighted by molar-refractivity contribution is 5.92. The number of nitrogens with one attached hydrogen (secondary N) is 1. The Morgan fingerprint density at radius 3 is 2.31 bits per heavy atom. The quantitative estimate of drug-likeness (QED) is 0.714. The molecule has 1 amide bonds. The number of hydrogen-bond donors (Lipinski definition) is 1. The van der Waals surface area contributed by atoms with E-state index in [2.05, 4.69) is 27.4 Å². The zero-order chi connectivity index (χ0) is 18.2. The number of hydrogen-bond acceptors (Lipinski definition) is 4. The second-order valence-electron chi connectivity index (χ2n) is 6.08. The van der Waals surface area contributed by atoms with Gasteiger partial charge in [0.15, 0.2) is 0 Å². The second kappa shape index (κ2) is 8.76. The first kappa shape index (κ1) is 17.6. The predicted molar refractivity (Wildman–Crippen MR) is 103 cm³/mol. The maximum absolute atomic E-state index is 12.3. The molecule has 1 N–H and O–H groups in total. The van der Waals surface area contributed by atoms with Crippen LogP contribution in [0.2, 0.25) is 0 Å². The van der Waals surface area contributed by atoms with Crippen LogP contribution in [-0.4, -0.2) is 29.5 Å². The van der Waals surface area contributed by atoms with Crippen molar-refractivity contribution < 1.29 is 4.79 Å². The highest BCUT2D eigenvalue weighted by atomic mass is 16.1. The van der Waals surface area contributed by atoms with E-state index in [-0.39, 0.29) is 5.91 Å². The molecule has 0 aliphatic carbocycles. The molecule has 3 rings (SSSR count). The highest BCUT2D eigenvalue weighted by Gasteiger charge is 2.11. The Morgan fingerprint density at radius 1 is 0.962 bits per heavy atom. The molecule has 0 aliphatic rings. The summed E-state index contributed by atoms with van der Waals surface area (Å²) in [6, 6.07) is 21.8. The normalized spacial score (nSPS) is 10.3. The van der Waals surface area contributed by atoms with Crippen molar-refractivity contribution in [3.05, 3.63) is 89.7 Å². The molecular formula is C21H22N4O. The van der Waals surface area contributed by atoms with Gasteiger partial charge in [0.1, 0.15) is 5.69 Å². The van der Waals surface area contributed by atoms with E-state index in [1.165, 1.54) is 5.56 Å². The molecular weight excluding hydrogens is 324 g/mol. The molecule has 5 nitrogen and oxygen atoms in total. The van der Waals surface area contributed by atoms with Crippen molar-refractivity contribution >= 4 is 11.9 Å². The van der Waals surface area contributed by atoms with E-state index < -0.39 is 0 Å². The Kier molecular flexibility index (Phi) is 5.93. The van der Waals surface area contributed by atoms with Gasteiger partial charge < -0.3 is 10.2 Å². The molecule has 0 aliphatic heterocycles. The van der Waals surface area contributed by atoms with Crippen LogP contribution in [0, 0.1) is 0 Å². The Labute approximate surface area is 153 Å². The maximum atomic E-state index is 12.3. The summed E-state index contributed by atoms with van der Waals surface area (Å²) in [4.78, 5) is 23.0. The van der Waals surface area contributed by atoms with Gasteiger partial charge in [0.05, 0.1) is 0 Å². The number of carbonyl (C=O) groups excluding carboxylic acids is 1. The van der Waals surface area contributed by atoms with E-state index in [1.807, 2.05) is 60.5 Å². The molecule has 0 radical (unpaired) electrons. The van der Waals surface area contributed by atoms with Gasteiger partial charge in [-0.25, -0.2) is 9.97 Å². The lowest BCUT2D eigenvalue weighted by atomic mass is 10.1. The number of benzene rings is 2. The van der Waals surface area contributed by atoms with Crippen LogP contribution in [0.25, 0.3) is 0 Å². The lowest BCUT2D eigenvalue weighted by molar-refractivity contribution is 0.0949. The fourth-order valence-corrected chi connectivity index (χ4v) is 2.64. The van der Waals surface area contributed by atoms with Crippen molar-refractivity contribution in [1.82, 2.24) is 15.3 Å². The predicted octanol–water partition coefficient (Wildman–Crippen LogP) is 3.09. The summed E-state index contributed by atoms with van der Waals surface area (Å²) in [7, 11) is 1.92. The lowest BCUT2D eigenvalue weighted by Crippen LogP contribution is -2.27. The number of aromatic nitrogens is 2. The molecule has 0 fully saturated rings. The SMILES string of the molecule is CN(Cc1ccccc1)c1nccc(C(=O)NCCc2ccccc2)n1. The van der Waals surface area contributed by atoms with E-state index >= 15 is 0 Å². The minimum absolute atomic E-state index is 0.183. The Bertz CT molecular complexity index is 837. The zero-order valence-electron chi connectivity index (χ0n) is 14.8. The summed E-state index contributed by atoms with van der Waals surface area (Å²) in [5.74, 6) is 0.349. The van der Waals surface area contributed by atoms with Gasteiger partial charge >= 0.3 is 0 Å². The molecule has 0 unspecified atom stereocenters. The topological polar surface area (TPSA) is 58.1 Å². The molecule has 5 heteroatoms. The van der Waals surface area contributed by atoms with Gasteiger partial charge in [0.25, 0.3) is 5.91 Å². The summed E-state index contributed by atoms with van der Waals surface area (Å²) in [5, 5.41) is 2.92. The Hall–Kier alpha value is -3.21. The summed E-state index contributed by atoms with van der Waals surface area (Å²) in [6.07, 6.45) is 2.41. The molecule has 2 aromatic carbocycles. The summed E-state index contributed by atoms with van der Waals surface area (Å²) >= 11 is 0. The van der Waals surface area contributed by atoms with Crippen molar-refractivity contribution in [3.63, 3.8) is 0 Å². The minimum Gasteiger partial charge on any atom is -0.350 e. The summed E-state index contributed by atoms with van der Waals surface area (Å²) in [5.41, 5.74) is 2.73. The molecule has 26 heavy (non-hydrogen) atoms. The van der Waals surface area contributed by atoms with Crippen LogP contribution in [0.4, 0.5) is 5.95 Å². The number of carbonyl (C=O) groups is 1. The average molecular weight is 346 g/mol. The fourth-order valence-electron chi connectivity index (χ4n) is 2.64. The van der Waals surface area contributed by atoms with Crippen LogP contribution in [-0.2, 0) is 13.0 Å². The van der Waals surface area contributed by atoms with E-state index in [0.717, 1.165) is 12.0 Å². The van der Waals surface area contributed by atoms with Gasteiger partial charge in [0.2, 0.25) is 5.95 Å². The van der Waals surface area contributed by atoms with Crippen molar-refractivity contribution in [2.24, 2.45) is 0 Å². The summed E-state index contributed by atoms with van der Waals surface area (Å²) in [6.45, 7) is 1.25. The second-order valence-corrected chi connectivity index (χ2v) is 6.08. The third-order valence-electron chi connectivity index (χ3n) is 4.02. The van der Waals surface area contributed by atoms with E-state index in [4.69, 9.17) is 0 Å². The molecule has 0 saturated carbocycles. The largest absolute Gasteiger partial charge is 0.350 e. The fraction of sp³-hybridized carbons (Fsp3) is 0.190. The number of nitrogens with zero attached hydrogens (tertiary/aromatic N) is 3. The van der Waals surface area contributed by atoms with Gasteiger partial charge in [-0.15, -0.1) is 0 Å². The van der Waals surface area contributed by atoms with Crippen LogP contribution in [0.1, 0.15) is 21.6 Å². The number of anilines is 1. The van der Waals surface area contributed by atoms with Crippen molar-refractivity contribution in [2.75, 3.05) is 18.5 Å². The molecule has 0 bridgehead atoms.